The van der Waals surface area contributed by atoms with Crippen molar-refractivity contribution < 1.29 is 22.7 Å². The van der Waals surface area contributed by atoms with Crippen LogP contribution in [0.5, 0.6) is 5.75 Å². The highest BCUT2D eigenvalue weighted by Crippen LogP contribution is 2.35. The van der Waals surface area contributed by atoms with Crippen LogP contribution in [0.1, 0.15) is 43.9 Å². The van der Waals surface area contributed by atoms with Crippen LogP contribution in [0.2, 0.25) is 5.02 Å². The van der Waals surface area contributed by atoms with Gasteiger partial charge in [-0.25, -0.2) is 8.42 Å². The summed E-state index contributed by atoms with van der Waals surface area (Å²) in [5, 5.41) is 3.17. The Bertz CT molecular complexity index is 1480. The second kappa shape index (κ2) is 13.9. The van der Waals surface area contributed by atoms with Crippen LogP contribution in [-0.4, -0.2) is 50.9 Å². The van der Waals surface area contributed by atoms with Gasteiger partial charge in [0, 0.05) is 17.6 Å². The molecule has 3 rings (SSSR count). The molecular weight excluding hydrogens is 562 g/mol. The fourth-order valence-electron chi connectivity index (χ4n) is 4.48. The van der Waals surface area contributed by atoms with Crippen LogP contribution in [0.4, 0.5) is 5.69 Å². The maximum Gasteiger partial charge on any atom is 0.264 e. The minimum Gasteiger partial charge on any atom is -0.495 e. The zero-order valence-electron chi connectivity index (χ0n) is 24.3. The van der Waals surface area contributed by atoms with Crippen molar-refractivity contribution in [3.05, 3.63) is 88.4 Å². The van der Waals surface area contributed by atoms with E-state index in [1.54, 1.807) is 24.3 Å². The van der Waals surface area contributed by atoms with Crippen molar-refractivity contribution >= 4 is 39.1 Å². The van der Waals surface area contributed by atoms with Gasteiger partial charge in [-0.15, -0.1) is 0 Å². The van der Waals surface area contributed by atoms with Gasteiger partial charge in [0.25, 0.3) is 10.0 Å². The molecule has 41 heavy (non-hydrogen) atoms. The van der Waals surface area contributed by atoms with Gasteiger partial charge in [0.05, 0.1) is 17.7 Å². The van der Waals surface area contributed by atoms with Gasteiger partial charge in [0.2, 0.25) is 11.8 Å². The topological polar surface area (TPSA) is 96.0 Å². The fraction of sp³-hybridized carbons (Fsp3) is 0.355. The Morgan fingerprint density at radius 1 is 1.00 bits per heavy atom. The molecule has 0 saturated carbocycles. The van der Waals surface area contributed by atoms with E-state index in [1.165, 1.54) is 30.2 Å². The number of benzene rings is 3. The van der Waals surface area contributed by atoms with Gasteiger partial charge in [-0.3, -0.25) is 13.9 Å². The molecule has 0 unspecified atom stereocenters. The third-order valence-corrected chi connectivity index (χ3v) is 8.73. The molecule has 0 radical (unpaired) electrons. The van der Waals surface area contributed by atoms with Crippen LogP contribution in [0.3, 0.4) is 0 Å². The van der Waals surface area contributed by atoms with E-state index in [2.05, 4.69) is 5.32 Å². The molecule has 0 fully saturated rings. The van der Waals surface area contributed by atoms with E-state index >= 15 is 0 Å². The fourth-order valence-corrected chi connectivity index (χ4v) is 6.06. The second-order valence-electron chi connectivity index (χ2n) is 10.2. The Balaban J connectivity index is 2.15. The first-order valence-electron chi connectivity index (χ1n) is 13.5. The summed E-state index contributed by atoms with van der Waals surface area (Å²) in [4.78, 5) is 29.0. The van der Waals surface area contributed by atoms with Gasteiger partial charge in [-0.1, -0.05) is 60.5 Å². The number of nitrogens with one attached hydrogen (secondary N) is 1. The number of anilines is 1. The van der Waals surface area contributed by atoms with Crippen molar-refractivity contribution in [2.24, 2.45) is 0 Å². The van der Waals surface area contributed by atoms with E-state index in [0.717, 1.165) is 21.0 Å². The second-order valence-corrected chi connectivity index (χ2v) is 12.5. The number of nitrogens with zero attached hydrogens (tertiary/aromatic N) is 2. The quantitative estimate of drug-likeness (QED) is 0.297. The number of methoxy groups -OCH3 is 1. The van der Waals surface area contributed by atoms with E-state index in [4.69, 9.17) is 16.3 Å². The van der Waals surface area contributed by atoms with E-state index in [-0.39, 0.29) is 39.8 Å². The van der Waals surface area contributed by atoms with E-state index in [1.807, 2.05) is 58.9 Å². The van der Waals surface area contributed by atoms with Gasteiger partial charge in [0.1, 0.15) is 18.3 Å². The zero-order chi connectivity index (χ0) is 30.3. The first kappa shape index (κ1) is 32.0. The summed E-state index contributed by atoms with van der Waals surface area (Å²) >= 11 is 6.30. The molecule has 2 amide bonds. The molecule has 3 aromatic rings. The predicted octanol–water partition coefficient (Wildman–Crippen LogP) is 5.49. The Morgan fingerprint density at radius 2 is 1.66 bits per heavy atom. The van der Waals surface area contributed by atoms with Crippen molar-refractivity contribution in [3.63, 3.8) is 0 Å². The summed E-state index contributed by atoms with van der Waals surface area (Å²) in [6.45, 7) is 8.85. The maximum absolute atomic E-state index is 14.2. The molecule has 0 aromatic heterocycles. The van der Waals surface area contributed by atoms with E-state index in [0.29, 0.717) is 6.42 Å². The molecule has 0 spiro atoms. The number of rotatable bonds is 12. The minimum absolute atomic E-state index is 0.00738. The molecule has 1 atom stereocenters. The number of ether oxygens (including phenoxy) is 1. The number of hydrogen-bond donors (Lipinski definition) is 1. The Hall–Kier alpha value is -3.56. The van der Waals surface area contributed by atoms with E-state index in [9.17, 15) is 18.0 Å². The first-order chi connectivity index (χ1) is 19.4. The number of amides is 2. The van der Waals surface area contributed by atoms with Crippen molar-refractivity contribution in [1.29, 1.82) is 0 Å². The number of hydrogen-bond acceptors (Lipinski definition) is 5. The summed E-state index contributed by atoms with van der Waals surface area (Å²) in [6.07, 6.45) is 0.335. The summed E-state index contributed by atoms with van der Waals surface area (Å²) in [7, 11) is -2.84. The number of sulfonamides is 1. The largest absolute Gasteiger partial charge is 0.495 e. The molecule has 1 N–H and O–H groups in total. The van der Waals surface area contributed by atoms with Crippen LogP contribution in [0, 0.1) is 13.8 Å². The van der Waals surface area contributed by atoms with E-state index < -0.39 is 28.5 Å². The third-order valence-electron chi connectivity index (χ3n) is 6.72. The van der Waals surface area contributed by atoms with Crippen molar-refractivity contribution in [1.82, 2.24) is 10.2 Å². The van der Waals surface area contributed by atoms with Crippen LogP contribution < -0.4 is 14.4 Å². The lowest BCUT2D eigenvalue weighted by Crippen LogP contribution is -2.53. The molecule has 0 saturated heterocycles. The summed E-state index contributed by atoms with van der Waals surface area (Å²) in [6, 6.07) is 17.6. The lowest BCUT2D eigenvalue weighted by molar-refractivity contribution is -0.140. The maximum atomic E-state index is 14.2. The summed E-state index contributed by atoms with van der Waals surface area (Å²) in [5.74, 6) is -0.623. The van der Waals surface area contributed by atoms with Gasteiger partial charge in [0.15, 0.2) is 0 Å². The number of carbonyl (C=O) groups excluding carboxylic acids is 2. The number of halogens is 1. The molecule has 0 bridgehead atoms. The lowest BCUT2D eigenvalue weighted by Gasteiger charge is -2.34. The van der Waals surface area contributed by atoms with Gasteiger partial charge in [-0.05, 0) is 75.6 Å². The standard InChI is InChI=1S/C31H38ClN3O5S/c1-7-27(31(37)33-21(2)3)34(19-24-11-9-8-10-23(24)5)30(36)20-35(28-18-25(32)14-17-29(28)40-6)41(38,39)26-15-12-22(4)13-16-26/h8-18,21,27H,7,19-20H2,1-6H3,(H,33,37)/t27-/m1/s1. The van der Waals surface area contributed by atoms with Crippen LogP contribution in [0.15, 0.2) is 71.6 Å². The van der Waals surface area contributed by atoms with Crippen LogP contribution in [-0.2, 0) is 26.2 Å². The first-order valence-corrected chi connectivity index (χ1v) is 15.3. The van der Waals surface area contributed by atoms with Crippen molar-refractivity contribution in [2.45, 2.75) is 64.6 Å². The molecular formula is C31H38ClN3O5S. The number of carbonyl (C=O) groups is 2. The summed E-state index contributed by atoms with van der Waals surface area (Å²) in [5.41, 5.74) is 2.80. The molecule has 8 nitrogen and oxygen atoms in total. The smallest absolute Gasteiger partial charge is 0.264 e. The average Bonchev–Trinajstić information content (AvgIpc) is 2.92. The normalized spacial score (nSPS) is 12.1. The molecule has 0 aliphatic carbocycles. The Kier molecular flexibility index (Phi) is 10.8. The van der Waals surface area contributed by atoms with Gasteiger partial charge < -0.3 is 15.0 Å². The Morgan fingerprint density at radius 3 is 2.24 bits per heavy atom. The SMILES string of the molecule is CC[C@H](C(=O)NC(C)C)N(Cc1ccccc1C)C(=O)CN(c1cc(Cl)ccc1OC)S(=O)(=O)c1ccc(C)cc1. The average molecular weight is 600 g/mol. The zero-order valence-corrected chi connectivity index (χ0v) is 25.9. The van der Waals surface area contributed by atoms with Crippen molar-refractivity contribution in [2.75, 3.05) is 18.0 Å². The van der Waals surface area contributed by atoms with Crippen LogP contribution in [0.25, 0.3) is 0 Å². The number of aryl methyl sites for hydroxylation is 2. The highest BCUT2D eigenvalue weighted by molar-refractivity contribution is 7.92. The van der Waals surface area contributed by atoms with Crippen molar-refractivity contribution in [3.8, 4) is 5.75 Å². The monoisotopic (exact) mass is 599 g/mol. The lowest BCUT2D eigenvalue weighted by atomic mass is 10.1. The molecule has 3 aromatic carbocycles. The third kappa shape index (κ3) is 7.80. The van der Waals surface area contributed by atoms with Gasteiger partial charge in [-0.2, -0.15) is 0 Å². The molecule has 0 aliphatic rings. The Labute approximate surface area is 248 Å². The minimum atomic E-state index is -4.25. The molecule has 220 valence electrons. The molecule has 10 heteroatoms. The van der Waals surface area contributed by atoms with Crippen LogP contribution >= 0.6 is 11.6 Å². The highest BCUT2D eigenvalue weighted by atomic mass is 35.5. The highest BCUT2D eigenvalue weighted by Gasteiger charge is 2.35. The predicted molar refractivity (Wildman–Crippen MR) is 163 cm³/mol. The molecule has 0 aliphatic heterocycles. The molecule has 0 heterocycles. The van der Waals surface area contributed by atoms with Gasteiger partial charge >= 0.3 is 0 Å². The summed E-state index contributed by atoms with van der Waals surface area (Å²) < 4.78 is 34.7.